The molecule has 0 unspecified atom stereocenters. The van der Waals surface area contributed by atoms with E-state index in [2.05, 4.69) is 13.8 Å². The largest absolute Gasteiger partial charge is 0.493 e. The average Bonchev–Trinajstić information content (AvgIpc) is 2.54. The molecule has 0 saturated heterocycles. The summed E-state index contributed by atoms with van der Waals surface area (Å²) in [5, 5.41) is 10.9. The molecule has 1 heterocycles. The van der Waals surface area contributed by atoms with Gasteiger partial charge in [0.2, 0.25) is 0 Å². The van der Waals surface area contributed by atoms with Crippen molar-refractivity contribution in [2.75, 3.05) is 0 Å². The molecule has 0 amide bonds. The minimum Gasteiger partial charge on any atom is -0.423 e. The zero-order valence-electron chi connectivity index (χ0n) is 9.26. The third kappa shape index (κ3) is 2.10. The van der Waals surface area contributed by atoms with Crippen molar-refractivity contribution >= 4 is 35.8 Å². The summed E-state index contributed by atoms with van der Waals surface area (Å²) in [7, 11) is -0.911. The maximum absolute atomic E-state index is 9.66. The highest BCUT2D eigenvalue weighted by atomic mass is 35.5. The summed E-state index contributed by atoms with van der Waals surface area (Å²) in [5.41, 5.74) is 2.47. The summed E-state index contributed by atoms with van der Waals surface area (Å²) < 4.78 is 5.13. The van der Waals surface area contributed by atoms with Gasteiger partial charge in [-0.3, -0.25) is 0 Å². The first-order valence-electron chi connectivity index (χ1n) is 5.30. The van der Waals surface area contributed by atoms with Gasteiger partial charge in [-0.2, -0.15) is 0 Å². The Labute approximate surface area is 106 Å². The van der Waals surface area contributed by atoms with Crippen LogP contribution < -0.4 is 5.46 Å². The molecule has 1 aromatic rings. The lowest BCUT2D eigenvalue weighted by atomic mass is 9.78. The minimum atomic E-state index is -0.911. The van der Waals surface area contributed by atoms with Crippen LogP contribution in [0.25, 0.3) is 0 Å². The van der Waals surface area contributed by atoms with Crippen LogP contribution in [0.5, 0.6) is 0 Å². The molecule has 5 heteroatoms. The molecular formula is C11H13BCl2O2. The van der Waals surface area contributed by atoms with Gasteiger partial charge in [0.1, 0.15) is 0 Å². The highest BCUT2D eigenvalue weighted by Gasteiger charge is 2.32. The molecular weight excluding hydrogens is 246 g/mol. The average molecular weight is 259 g/mol. The fraction of sp³-hybridized carbons (Fsp3) is 0.455. The normalized spacial score (nSPS) is 14.8. The second-order valence-electron chi connectivity index (χ2n) is 4.49. The van der Waals surface area contributed by atoms with Crippen LogP contribution in [0.1, 0.15) is 25.0 Å². The van der Waals surface area contributed by atoms with Gasteiger partial charge in [-0.1, -0.05) is 37.0 Å². The predicted molar refractivity (Wildman–Crippen MR) is 67.4 cm³/mol. The fourth-order valence-electron chi connectivity index (χ4n) is 1.96. The molecule has 0 radical (unpaired) electrons. The standard InChI is InChI=1S/C11H13BCl2O2/c1-6(2)3-8-9(13)4-7-5-16-12(15)10(7)11(8)14/h4,6,15H,3,5H2,1-2H3. The van der Waals surface area contributed by atoms with Gasteiger partial charge in [0.15, 0.2) is 0 Å². The summed E-state index contributed by atoms with van der Waals surface area (Å²) in [5.74, 6) is 0.465. The van der Waals surface area contributed by atoms with Crippen molar-refractivity contribution in [1.29, 1.82) is 0 Å². The summed E-state index contributed by atoms with van der Waals surface area (Å²) in [4.78, 5) is 0. The Kier molecular flexibility index (Phi) is 3.50. The molecule has 1 N–H and O–H groups in total. The first-order chi connectivity index (χ1) is 7.50. The Morgan fingerprint density at radius 3 is 2.81 bits per heavy atom. The van der Waals surface area contributed by atoms with Gasteiger partial charge in [0, 0.05) is 15.5 Å². The number of fused-ring (bicyclic) bond motifs is 1. The van der Waals surface area contributed by atoms with Gasteiger partial charge in [-0.25, -0.2) is 0 Å². The maximum Gasteiger partial charge on any atom is 0.493 e. The van der Waals surface area contributed by atoms with Gasteiger partial charge < -0.3 is 9.68 Å². The summed E-state index contributed by atoms with van der Waals surface area (Å²) in [6.45, 7) is 4.58. The van der Waals surface area contributed by atoms with Gasteiger partial charge >= 0.3 is 7.12 Å². The quantitative estimate of drug-likeness (QED) is 0.826. The molecule has 0 spiro atoms. The molecule has 1 aliphatic rings. The molecule has 0 fully saturated rings. The summed E-state index contributed by atoms with van der Waals surface area (Å²) in [6.07, 6.45) is 0.803. The molecule has 0 aromatic heterocycles. The molecule has 0 bridgehead atoms. The molecule has 1 aliphatic heterocycles. The van der Waals surface area contributed by atoms with Crippen LogP contribution in [0.4, 0.5) is 0 Å². The number of rotatable bonds is 2. The highest BCUT2D eigenvalue weighted by molar-refractivity contribution is 6.65. The smallest absolute Gasteiger partial charge is 0.423 e. The van der Waals surface area contributed by atoms with E-state index in [4.69, 9.17) is 27.9 Å². The zero-order valence-corrected chi connectivity index (χ0v) is 10.8. The van der Waals surface area contributed by atoms with E-state index in [0.29, 0.717) is 28.0 Å². The summed E-state index contributed by atoms with van der Waals surface area (Å²) >= 11 is 12.5. The molecule has 2 rings (SSSR count). The van der Waals surface area contributed by atoms with E-state index in [1.54, 1.807) is 0 Å². The molecule has 16 heavy (non-hydrogen) atoms. The van der Waals surface area contributed by atoms with Crippen LogP contribution in [0.15, 0.2) is 6.07 Å². The van der Waals surface area contributed by atoms with Crippen molar-refractivity contribution in [3.8, 4) is 0 Å². The topological polar surface area (TPSA) is 29.5 Å². The molecule has 0 saturated carbocycles. The lowest BCUT2D eigenvalue weighted by molar-refractivity contribution is 0.275. The van der Waals surface area contributed by atoms with Crippen molar-refractivity contribution in [2.24, 2.45) is 5.92 Å². The van der Waals surface area contributed by atoms with Crippen LogP contribution in [0.2, 0.25) is 10.0 Å². The van der Waals surface area contributed by atoms with Gasteiger partial charge in [-0.05, 0) is 29.5 Å². The van der Waals surface area contributed by atoms with Gasteiger partial charge in [0.25, 0.3) is 0 Å². The lowest BCUT2D eigenvalue weighted by Gasteiger charge is -2.13. The SMILES string of the molecule is CC(C)Cc1c(Cl)cc2c(c1Cl)B(O)OC2. The van der Waals surface area contributed by atoms with Crippen LogP contribution in [-0.4, -0.2) is 12.1 Å². The zero-order chi connectivity index (χ0) is 11.9. The number of hydrogen-bond acceptors (Lipinski definition) is 2. The molecule has 86 valence electrons. The Morgan fingerprint density at radius 1 is 1.50 bits per heavy atom. The number of hydrogen-bond donors (Lipinski definition) is 1. The highest BCUT2D eigenvalue weighted by Crippen LogP contribution is 2.30. The first-order valence-corrected chi connectivity index (χ1v) is 6.05. The minimum absolute atomic E-state index is 0.373. The van der Waals surface area contributed by atoms with Crippen LogP contribution in [-0.2, 0) is 17.7 Å². The Morgan fingerprint density at radius 2 is 2.19 bits per heavy atom. The van der Waals surface area contributed by atoms with Crippen LogP contribution in [0, 0.1) is 5.92 Å². The summed E-state index contributed by atoms with van der Waals surface area (Å²) in [6, 6.07) is 1.84. The Bertz CT molecular complexity index is 421. The van der Waals surface area contributed by atoms with E-state index in [9.17, 15) is 5.02 Å². The second-order valence-corrected chi connectivity index (χ2v) is 5.27. The van der Waals surface area contributed by atoms with Crippen LogP contribution in [0.3, 0.4) is 0 Å². The maximum atomic E-state index is 9.66. The Balaban J connectivity index is 2.51. The monoisotopic (exact) mass is 258 g/mol. The van der Waals surface area contributed by atoms with E-state index in [-0.39, 0.29) is 0 Å². The van der Waals surface area contributed by atoms with E-state index in [0.717, 1.165) is 17.5 Å². The van der Waals surface area contributed by atoms with Crippen molar-refractivity contribution in [3.05, 3.63) is 27.2 Å². The van der Waals surface area contributed by atoms with Crippen LogP contribution >= 0.6 is 23.2 Å². The molecule has 1 aromatic carbocycles. The molecule has 0 atom stereocenters. The third-order valence-corrected chi connectivity index (χ3v) is 3.46. The van der Waals surface area contributed by atoms with Crippen molar-refractivity contribution in [2.45, 2.75) is 26.9 Å². The van der Waals surface area contributed by atoms with E-state index in [1.165, 1.54) is 0 Å². The predicted octanol–water partition coefficient (Wildman–Crippen LogP) is 2.41. The number of halogens is 2. The first kappa shape index (κ1) is 12.2. The van der Waals surface area contributed by atoms with Crippen molar-refractivity contribution in [3.63, 3.8) is 0 Å². The second kappa shape index (κ2) is 4.57. The lowest BCUT2D eigenvalue weighted by Crippen LogP contribution is -2.30. The molecule has 2 nitrogen and oxygen atoms in total. The van der Waals surface area contributed by atoms with E-state index in [1.807, 2.05) is 6.07 Å². The van der Waals surface area contributed by atoms with Gasteiger partial charge in [0.05, 0.1) is 6.61 Å². The number of benzene rings is 1. The third-order valence-electron chi connectivity index (χ3n) is 2.69. The molecule has 0 aliphatic carbocycles. The van der Waals surface area contributed by atoms with Crippen molar-refractivity contribution < 1.29 is 9.68 Å². The van der Waals surface area contributed by atoms with E-state index < -0.39 is 7.12 Å². The van der Waals surface area contributed by atoms with Crippen molar-refractivity contribution in [1.82, 2.24) is 0 Å². The van der Waals surface area contributed by atoms with Gasteiger partial charge in [-0.15, -0.1) is 0 Å². The van der Waals surface area contributed by atoms with E-state index >= 15 is 0 Å². The fourth-order valence-corrected chi connectivity index (χ4v) is 2.71. The Hall–Kier alpha value is -0.215.